The maximum atomic E-state index is 11.7. The summed E-state index contributed by atoms with van der Waals surface area (Å²) in [7, 11) is -0.956. The smallest absolute Gasteiger partial charge is 0.448 e. The van der Waals surface area contributed by atoms with Gasteiger partial charge in [-0.25, -0.2) is 0 Å². The Kier molecular flexibility index (Phi) is 19.3. The van der Waals surface area contributed by atoms with E-state index in [0.717, 1.165) is 5.76 Å². The molecule has 0 aromatic carbocycles. The average molecular weight is 685 g/mol. The topological polar surface area (TPSA) is 66.8 Å². The van der Waals surface area contributed by atoms with Crippen LogP contribution in [0.4, 0.5) is 26.3 Å². The molecule has 0 aliphatic rings. The fourth-order valence-electron chi connectivity index (χ4n) is 1.45. The van der Waals surface area contributed by atoms with Gasteiger partial charge in [-0.05, 0) is 0 Å². The summed E-state index contributed by atoms with van der Waals surface area (Å²) in [4.78, 5) is 11.7. The van der Waals surface area contributed by atoms with Gasteiger partial charge in [0.15, 0.2) is 11.9 Å². The molecule has 1 unspecified atom stereocenters. The van der Waals surface area contributed by atoms with E-state index in [-0.39, 0.29) is 33.7 Å². The largest absolute Gasteiger partial charge is 0.504 e. The zero-order chi connectivity index (χ0) is 28.3. The van der Waals surface area contributed by atoms with Crippen LogP contribution >= 0.6 is 0 Å². The van der Waals surface area contributed by atoms with Crippen LogP contribution in [-0.2, 0) is 24.7 Å². The molecule has 0 heterocycles. The second-order valence-corrected chi connectivity index (χ2v) is 16.1. The predicted molar refractivity (Wildman–Crippen MR) is 126 cm³/mol. The summed E-state index contributed by atoms with van der Waals surface area (Å²) >= 11 is 0.405. The molecule has 0 aromatic rings. The van der Waals surface area contributed by atoms with Gasteiger partial charge in [0.05, 0.1) is 8.07 Å². The van der Waals surface area contributed by atoms with Gasteiger partial charge < -0.3 is 10.2 Å². The number of rotatable bonds is 4. The monoisotopic (exact) mass is 684 g/mol. The number of ketones is 1. The molecule has 0 saturated carbocycles. The van der Waals surface area contributed by atoms with Gasteiger partial charge in [0.2, 0.25) is 0 Å². The van der Waals surface area contributed by atoms with Crippen molar-refractivity contribution in [1.29, 1.82) is 0 Å². The summed E-state index contributed by atoms with van der Waals surface area (Å²) in [6.45, 7) is 22.2. The molecule has 0 rings (SSSR count). The van der Waals surface area contributed by atoms with E-state index in [0.29, 0.717) is 24.8 Å². The van der Waals surface area contributed by atoms with E-state index in [9.17, 15) is 31.1 Å². The van der Waals surface area contributed by atoms with E-state index in [2.05, 4.69) is 58.4 Å². The first kappa shape index (κ1) is 41.5. The predicted octanol–water partition coefficient (Wildman–Crippen LogP) is 6.48. The van der Waals surface area contributed by atoms with Crippen molar-refractivity contribution >= 4 is 38.7 Å². The molecule has 1 atom stereocenters. The van der Waals surface area contributed by atoms with Crippen LogP contribution in [0.5, 0.6) is 0 Å². The number of aliphatic hydroxyl groups is 2. The number of hydrogen-bond acceptors (Lipinski definition) is 4. The van der Waals surface area contributed by atoms with Crippen LogP contribution in [0.15, 0.2) is 41.7 Å². The first-order valence-corrected chi connectivity index (χ1v) is 15.2. The summed E-state index contributed by atoms with van der Waals surface area (Å²) in [6, 6.07) is 0. The van der Waals surface area contributed by atoms with Gasteiger partial charge in [-0.15, -0.1) is 5.73 Å². The summed E-state index contributed by atoms with van der Waals surface area (Å²) in [6.07, 6.45) is -12.9. The fourth-order valence-corrected chi connectivity index (χ4v) is 3.54. The van der Waals surface area contributed by atoms with Crippen molar-refractivity contribution < 1.29 is 61.3 Å². The van der Waals surface area contributed by atoms with E-state index in [1.807, 2.05) is 20.8 Å². The Labute approximate surface area is 231 Å². The fraction of sp³-hybridized carbons (Fsp3) is 0.636. The van der Waals surface area contributed by atoms with Gasteiger partial charge in [0.25, 0.3) is 0 Å². The third-order valence-corrected chi connectivity index (χ3v) is 5.33. The Bertz CT molecular complexity index is 752. The molecule has 2 N–H and O–H groups in total. The second kappa shape index (κ2) is 16.3. The Morgan fingerprint density at radius 1 is 1.00 bits per heavy atom. The number of halogens is 6. The minimum Gasteiger partial charge on any atom is -0.504 e. The Morgan fingerprint density at radius 2 is 1.40 bits per heavy atom. The quantitative estimate of drug-likeness (QED) is 0.117. The first-order valence-electron chi connectivity index (χ1n) is 9.98. The maximum Gasteiger partial charge on any atom is 0.448 e. The van der Waals surface area contributed by atoms with Crippen LogP contribution < -0.4 is 0 Å². The summed E-state index contributed by atoms with van der Waals surface area (Å²) in [5, 5.41) is 16.1. The van der Waals surface area contributed by atoms with Crippen molar-refractivity contribution in [2.45, 2.75) is 79.6 Å². The van der Waals surface area contributed by atoms with E-state index in [4.69, 9.17) is 13.1 Å². The van der Waals surface area contributed by atoms with Crippen molar-refractivity contribution in [2.24, 2.45) is 10.8 Å². The average Bonchev–Trinajstić information content (AvgIpc) is 2.55. The minimum absolute atomic E-state index is 0. The van der Waals surface area contributed by atoms with Crippen LogP contribution in [0.2, 0.25) is 19.6 Å². The summed E-state index contributed by atoms with van der Waals surface area (Å²) in [5.41, 5.74) is 4.49. The zero-order valence-electron chi connectivity index (χ0n) is 21.5. The zero-order valence-corrected chi connectivity index (χ0v) is 27.5. The summed E-state index contributed by atoms with van der Waals surface area (Å²) in [5.74, 6) is -1.54. The molecule has 0 aliphatic heterocycles. The molecule has 13 heteroatoms. The minimum atomic E-state index is -5.29. The molecule has 0 spiro atoms. The number of alkyl halides is 6. The van der Waals surface area contributed by atoms with Crippen molar-refractivity contribution in [2.75, 3.05) is 0 Å². The van der Waals surface area contributed by atoms with Gasteiger partial charge >= 0.3 is 115 Å². The molecular weight excluding hydrogens is 649 g/mol. The van der Waals surface area contributed by atoms with Gasteiger partial charge in [-0.3, -0.25) is 0 Å². The molecule has 0 saturated heterocycles. The molecule has 208 valence electrons. The van der Waals surface area contributed by atoms with E-state index in [1.165, 1.54) is 0 Å². The second-order valence-electron chi connectivity index (χ2n) is 10.3. The van der Waals surface area contributed by atoms with Crippen molar-refractivity contribution in [3.63, 3.8) is 0 Å². The normalized spacial score (nSPS) is 14.1. The van der Waals surface area contributed by atoms with E-state index >= 15 is 0 Å². The Hall–Kier alpha value is -0.584. The van der Waals surface area contributed by atoms with E-state index < -0.39 is 38.4 Å². The van der Waals surface area contributed by atoms with Crippen molar-refractivity contribution in [3.8, 4) is 0 Å². The molecular formula is C22H36CuF6InO4Si. The number of carbonyl (C=O) groups excluding carboxylic acids is 1. The standard InChI is InChI=1S/C11H20O2.C6H12Si.C5H4F6O2.Cu.In.H/c1-10(2,3)8(12)7-9(13)11(4,5)6;1-5-6-7(2,3)4;6-4(7,8)2(12)1-3(13)5(9,10)11;;;/h7,12H,1-6H3;6H,1H2,2-4H3;1-2,12-13H;;;/q;;;;+1;/p-1. The van der Waals surface area contributed by atoms with Crippen LogP contribution in [-0.4, -0.2) is 67.3 Å². The van der Waals surface area contributed by atoms with Gasteiger partial charge in [-0.2, -0.15) is 26.3 Å². The van der Waals surface area contributed by atoms with Crippen LogP contribution in [0.25, 0.3) is 0 Å². The number of carbonyl (C=O) groups is 1. The molecule has 0 bridgehead atoms. The number of hydrogen-bond donors (Lipinski definition) is 2. The van der Waals surface area contributed by atoms with Crippen LogP contribution in [0.3, 0.4) is 0 Å². The first-order chi connectivity index (χ1) is 14.7. The van der Waals surface area contributed by atoms with Gasteiger partial charge in [0, 0.05) is 23.1 Å². The van der Waals surface area contributed by atoms with Crippen LogP contribution in [0.1, 0.15) is 41.5 Å². The van der Waals surface area contributed by atoms with Crippen molar-refractivity contribution in [1.82, 2.24) is 0 Å². The molecule has 0 aliphatic carbocycles. The Balaban J connectivity index is -0.000000214. The number of allylic oxidation sites excluding steroid dienone is 3. The molecule has 0 aromatic heterocycles. The molecule has 4 nitrogen and oxygen atoms in total. The number of aliphatic hydroxyl groups excluding tert-OH is 2. The summed E-state index contributed by atoms with van der Waals surface area (Å²) < 4.78 is 73.9. The SMILES string of the molecule is C=C=C[Si](C)(C)C.CC(C)(C)C(=O)C=C([O][InH])C(C)(C)C.OC(=CC(O)C(F)(F)F)C(F)(F)F.[Cu]. The molecule has 0 fully saturated rings. The Morgan fingerprint density at radius 3 is 1.57 bits per heavy atom. The molecule has 0 amide bonds. The van der Waals surface area contributed by atoms with Gasteiger partial charge in [0.1, 0.15) is 0 Å². The van der Waals surface area contributed by atoms with Crippen molar-refractivity contribution in [3.05, 3.63) is 41.7 Å². The third kappa shape index (κ3) is 23.6. The molecule has 2 radical (unpaired) electrons. The molecule has 35 heavy (non-hydrogen) atoms. The third-order valence-electron chi connectivity index (χ3n) is 3.37. The maximum absolute atomic E-state index is 11.7. The van der Waals surface area contributed by atoms with Crippen LogP contribution in [0, 0.1) is 10.8 Å². The van der Waals surface area contributed by atoms with E-state index in [1.54, 1.807) is 6.08 Å². The van der Waals surface area contributed by atoms with Gasteiger partial charge in [-0.1, -0.05) is 31.9 Å².